The first-order valence-corrected chi connectivity index (χ1v) is 7.97. The van der Waals surface area contributed by atoms with Crippen LogP contribution in [0.25, 0.3) is 21.8 Å². The number of fused-ring (bicyclic) bond motifs is 2. The second-order valence-electron chi connectivity index (χ2n) is 5.69. The molecule has 24 heavy (non-hydrogen) atoms. The summed E-state index contributed by atoms with van der Waals surface area (Å²) in [6.07, 6.45) is 0. The molecule has 0 radical (unpaired) electrons. The van der Waals surface area contributed by atoms with Crippen molar-refractivity contribution >= 4 is 33.4 Å². The third-order valence-corrected chi connectivity index (χ3v) is 4.57. The van der Waals surface area contributed by atoms with E-state index in [0.717, 1.165) is 16.6 Å². The Bertz CT molecular complexity index is 1070. The highest BCUT2D eigenvalue weighted by molar-refractivity contribution is 6.31. The van der Waals surface area contributed by atoms with Crippen molar-refractivity contribution in [2.75, 3.05) is 0 Å². The lowest BCUT2D eigenvalue weighted by Gasteiger charge is -2.16. The monoisotopic (exact) mass is 337 g/mol. The maximum atomic E-state index is 13.3. The zero-order valence-corrected chi connectivity index (χ0v) is 13.4. The second-order valence-corrected chi connectivity index (χ2v) is 6.09. The predicted molar refractivity (Wildman–Crippen MR) is 96.2 cm³/mol. The Kier molecular flexibility index (Phi) is 3.58. The highest BCUT2D eigenvalue weighted by Gasteiger charge is 2.11. The summed E-state index contributed by atoms with van der Waals surface area (Å²) in [7, 11) is 0. The molecule has 2 nitrogen and oxygen atoms in total. The van der Waals surface area contributed by atoms with Crippen molar-refractivity contribution in [2.24, 2.45) is 0 Å². The fourth-order valence-electron chi connectivity index (χ4n) is 3.07. The third-order valence-electron chi connectivity index (χ3n) is 4.22. The van der Waals surface area contributed by atoms with Gasteiger partial charge in [0.2, 0.25) is 0 Å². The highest BCUT2D eigenvalue weighted by atomic mass is 35.5. The minimum atomic E-state index is -0.363. The van der Waals surface area contributed by atoms with Crippen molar-refractivity contribution in [3.8, 4) is 0 Å². The van der Waals surface area contributed by atoms with E-state index in [-0.39, 0.29) is 11.2 Å². The minimum absolute atomic E-state index is 0.0163. The van der Waals surface area contributed by atoms with Gasteiger partial charge in [0.15, 0.2) is 5.43 Å². The van der Waals surface area contributed by atoms with Crippen molar-refractivity contribution in [1.82, 2.24) is 4.57 Å². The van der Waals surface area contributed by atoms with E-state index < -0.39 is 0 Å². The van der Waals surface area contributed by atoms with E-state index in [1.165, 1.54) is 12.1 Å². The molecule has 0 N–H and O–H groups in total. The van der Waals surface area contributed by atoms with Crippen LogP contribution < -0.4 is 5.43 Å². The van der Waals surface area contributed by atoms with Crippen LogP contribution in [-0.2, 0) is 6.54 Å². The molecule has 1 aromatic heterocycles. The summed E-state index contributed by atoms with van der Waals surface area (Å²) in [6, 6.07) is 19.4. The van der Waals surface area contributed by atoms with Gasteiger partial charge in [-0.05, 0) is 42.0 Å². The fraction of sp³-hybridized carbons (Fsp3) is 0.0500. The average molecular weight is 338 g/mol. The first-order valence-electron chi connectivity index (χ1n) is 7.59. The topological polar surface area (TPSA) is 22.0 Å². The Morgan fingerprint density at radius 2 is 1.46 bits per heavy atom. The molecule has 0 aliphatic heterocycles. The summed E-state index contributed by atoms with van der Waals surface area (Å²) in [4.78, 5) is 12.7. The maximum Gasteiger partial charge on any atom is 0.197 e. The summed E-state index contributed by atoms with van der Waals surface area (Å²) < 4.78 is 15.4. The van der Waals surface area contributed by atoms with Crippen molar-refractivity contribution < 1.29 is 4.39 Å². The van der Waals surface area contributed by atoms with Crippen LogP contribution in [0.15, 0.2) is 71.5 Å². The number of rotatable bonds is 2. The van der Waals surface area contributed by atoms with Gasteiger partial charge in [-0.2, -0.15) is 0 Å². The summed E-state index contributed by atoms with van der Waals surface area (Å²) in [5, 5.41) is 1.70. The number of benzene rings is 3. The molecule has 1 heterocycles. The first-order chi connectivity index (χ1) is 11.6. The Hall–Kier alpha value is -2.65. The Balaban J connectivity index is 2.05. The van der Waals surface area contributed by atoms with Crippen LogP contribution in [0.2, 0.25) is 5.02 Å². The number of para-hydroxylation sites is 2. The number of hydrogen-bond acceptors (Lipinski definition) is 1. The Morgan fingerprint density at radius 1 is 0.875 bits per heavy atom. The van der Waals surface area contributed by atoms with E-state index in [2.05, 4.69) is 0 Å². The number of aromatic nitrogens is 1. The Labute approximate surface area is 142 Å². The molecule has 3 aromatic carbocycles. The quantitative estimate of drug-likeness (QED) is 0.472. The van der Waals surface area contributed by atoms with Gasteiger partial charge in [-0.15, -0.1) is 0 Å². The molecule has 0 unspecified atom stereocenters. The van der Waals surface area contributed by atoms with E-state index in [1.807, 2.05) is 53.1 Å². The molecule has 0 saturated heterocycles. The lowest BCUT2D eigenvalue weighted by Crippen LogP contribution is -2.12. The third kappa shape index (κ3) is 2.38. The summed E-state index contributed by atoms with van der Waals surface area (Å²) in [6.45, 7) is 0.459. The van der Waals surface area contributed by atoms with Crippen molar-refractivity contribution in [1.29, 1.82) is 0 Å². The fourth-order valence-corrected chi connectivity index (χ4v) is 3.29. The number of pyridine rings is 1. The van der Waals surface area contributed by atoms with Crippen LogP contribution in [0.3, 0.4) is 0 Å². The van der Waals surface area contributed by atoms with Gasteiger partial charge < -0.3 is 4.57 Å². The van der Waals surface area contributed by atoms with Gasteiger partial charge in [-0.3, -0.25) is 4.79 Å². The summed E-state index contributed by atoms with van der Waals surface area (Å²) in [5.41, 5.74) is 2.49. The lowest BCUT2D eigenvalue weighted by molar-refractivity contribution is 0.626. The molecule has 0 aliphatic carbocycles. The van der Waals surface area contributed by atoms with Gasteiger partial charge in [-0.25, -0.2) is 4.39 Å². The second kappa shape index (κ2) is 5.77. The minimum Gasteiger partial charge on any atom is -0.336 e. The standard InChI is InChI=1S/C20H13ClFNO/c21-17-11-14(22)10-9-13(17)12-23-18-7-3-1-5-15(18)20(24)16-6-2-4-8-19(16)23/h1-11H,12H2. The van der Waals surface area contributed by atoms with Crippen LogP contribution in [0.4, 0.5) is 4.39 Å². The van der Waals surface area contributed by atoms with E-state index in [9.17, 15) is 9.18 Å². The number of hydrogen-bond donors (Lipinski definition) is 0. The maximum absolute atomic E-state index is 13.3. The van der Waals surface area contributed by atoms with E-state index in [4.69, 9.17) is 11.6 Å². The molecule has 0 atom stereocenters. The molecule has 0 saturated carbocycles. The van der Waals surface area contributed by atoms with E-state index in [1.54, 1.807) is 6.07 Å². The van der Waals surface area contributed by atoms with Gasteiger partial charge in [0.05, 0.1) is 11.0 Å². The number of halogens is 2. The zero-order valence-electron chi connectivity index (χ0n) is 12.7. The first kappa shape index (κ1) is 14.9. The van der Waals surface area contributed by atoms with Crippen LogP contribution >= 0.6 is 11.6 Å². The molecule has 118 valence electrons. The average Bonchev–Trinajstić information content (AvgIpc) is 2.60. The van der Waals surface area contributed by atoms with Gasteiger partial charge in [0.1, 0.15) is 5.82 Å². The van der Waals surface area contributed by atoms with Crippen molar-refractivity contribution in [3.05, 3.63) is 93.4 Å². The smallest absolute Gasteiger partial charge is 0.197 e. The molecule has 0 amide bonds. The van der Waals surface area contributed by atoms with Crippen molar-refractivity contribution in [3.63, 3.8) is 0 Å². The molecule has 0 bridgehead atoms. The predicted octanol–water partition coefficient (Wildman–Crippen LogP) is 5.00. The molecule has 4 aromatic rings. The Morgan fingerprint density at radius 3 is 2.04 bits per heavy atom. The van der Waals surface area contributed by atoms with Crippen LogP contribution in [0, 0.1) is 5.82 Å². The lowest BCUT2D eigenvalue weighted by atomic mass is 10.1. The molecule has 0 aliphatic rings. The molecular weight excluding hydrogens is 325 g/mol. The molecule has 0 fully saturated rings. The van der Waals surface area contributed by atoms with Crippen LogP contribution in [0.1, 0.15) is 5.56 Å². The largest absolute Gasteiger partial charge is 0.336 e. The van der Waals surface area contributed by atoms with E-state index in [0.29, 0.717) is 22.3 Å². The van der Waals surface area contributed by atoms with E-state index >= 15 is 0 Å². The van der Waals surface area contributed by atoms with Gasteiger partial charge in [0, 0.05) is 22.3 Å². The molecule has 0 spiro atoms. The van der Waals surface area contributed by atoms with Crippen molar-refractivity contribution in [2.45, 2.75) is 6.54 Å². The summed E-state index contributed by atoms with van der Waals surface area (Å²) in [5.74, 6) is -0.363. The molecule has 4 rings (SSSR count). The van der Waals surface area contributed by atoms with Crippen LogP contribution in [0.5, 0.6) is 0 Å². The zero-order chi connectivity index (χ0) is 16.7. The number of nitrogens with zero attached hydrogens (tertiary/aromatic N) is 1. The highest BCUT2D eigenvalue weighted by Crippen LogP contribution is 2.24. The molecule has 4 heteroatoms. The molecular formula is C20H13ClFNO. The van der Waals surface area contributed by atoms with Gasteiger partial charge in [0.25, 0.3) is 0 Å². The summed E-state index contributed by atoms with van der Waals surface area (Å²) >= 11 is 6.20. The van der Waals surface area contributed by atoms with Gasteiger partial charge in [-0.1, -0.05) is 41.9 Å². The SMILES string of the molecule is O=c1c2ccccc2n(Cc2ccc(F)cc2Cl)c2ccccc12. The normalized spacial score (nSPS) is 11.2. The van der Waals surface area contributed by atoms with Crippen LogP contribution in [-0.4, -0.2) is 4.57 Å². The van der Waals surface area contributed by atoms with Gasteiger partial charge >= 0.3 is 0 Å².